The zero-order valence-corrected chi connectivity index (χ0v) is 24.3. The number of halogens is 2. The van der Waals surface area contributed by atoms with Crippen molar-refractivity contribution < 1.29 is 22.7 Å². The fourth-order valence-electron chi connectivity index (χ4n) is 3.97. The van der Waals surface area contributed by atoms with Gasteiger partial charge in [0.05, 0.1) is 34.9 Å². The van der Waals surface area contributed by atoms with Crippen molar-refractivity contribution in [2.45, 2.75) is 43.9 Å². The number of rotatable bonds is 10. The van der Waals surface area contributed by atoms with Crippen LogP contribution in [0, 0.1) is 0 Å². The number of benzene rings is 2. The van der Waals surface area contributed by atoms with E-state index in [1.807, 2.05) is 45.0 Å². The molecule has 12 heteroatoms. The lowest BCUT2D eigenvalue weighted by Crippen LogP contribution is -2.57. The third-order valence-corrected chi connectivity index (χ3v) is 8.94. The number of morpholine rings is 1. The number of nitrogens with zero attached hydrogens (tertiary/aromatic N) is 3. The minimum absolute atomic E-state index is 0.0299. The van der Waals surface area contributed by atoms with E-state index in [2.05, 4.69) is 4.99 Å². The zero-order valence-electron chi connectivity index (χ0n) is 22.0. The second-order valence-electron chi connectivity index (χ2n) is 9.65. The predicted octanol–water partition coefficient (Wildman–Crippen LogP) is 3.56. The number of carbonyl (C=O) groups is 1. The molecule has 1 atom stereocenters. The molecule has 2 N–H and O–H groups in total. The van der Waals surface area contributed by atoms with Crippen LogP contribution in [-0.4, -0.2) is 81.0 Å². The van der Waals surface area contributed by atoms with E-state index in [0.29, 0.717) is 18.9 Å². The Morgan fingerprint density at radius 2 is 1.92 bits per heavy atom. The molecule has 1 saturated heterocycles. The summed E-state index contributed by atoms with van der Waals surface area (Å²) in [7, 11) is -2.34. The molecule has 3 rings (SSSR count). The topological polar surface area (TPSA) is 115 Å². The third kappa shape index (κ3) is 7.46. The van der Waals surface area contributed by atoms with E-state index in [1.54, 1.807) is 11.9 Å². The van der Waals surface area contributed by atoms with Crippen molar-refractivity contribution in [3.63, 3.8) is 0 Å². The summed E-state index contributed by atoms with van der Waals surface area (Å²) >= 11 is 12.3. The first-order valence-corrected chi connectivity index (χ1v) is 14.4. The van der Waals surface area contributed by atoms with Crippen LogP contribution in [0.5, 0.6) is 0 Å². The Morgan fingerprint density at radius 1 is 1.24 bits per heavy atom. The van der Waals surface area contributed by atoms with Crippen LogP contribution < -0.4 is 5.73 Å². The summed E-state index contributed by atoms with van der Waals surface area (Å²) in [6.45, 7) is 6.46. The normalized spacial score (nSPS) is 18.4. The first-order chi connectivity index (χ1) is 17.9. The minimum atomic E-state index is -4.01. The van der Waals surface area contributed by atoms with Crippen LogP contribution >= 0.6 is 23.2 Å². The standard InChI is InChI=1S/C26H34Cl2N4O5S/c1-5-30-25(29)19-11-9-18(10-12-19)13-31(4)23(33)16-36-14-20-15-37-26(2,3)17-32(20)38(34,35)22-8-6-7-21(27)24(22)28/h6-12,20H,5,13-17H2,1-4H3,(H2,29,30)/t20-/m1/s1. The summed E-state index contributed by atoms with van der Waals surface area (Å²) in [4.78, 5) is 18.3. The molecule has 0 spiro atoms. The Labute approximate surface area is 234 Å². The van der Waals surface area contributed by atoms with Crippen molar-refractivity contribution in [3.05, 3.63) is 63.6 Å². The molecule has 0 bridgehead atoms. The highest BCUT2D eigenvalue weighted by atomic mass is 35.5. The van der Waals surface area contributed by atoms with Crippen molar-refractivity contribution in [1.29, 1.82) is 0 Å². The number of hydrogen-bond acceptors (Lipinski definition) is 6. The maximum Gasteiger partial charge on any atom is 0.248 e. The predicted molar refractivity (Wildman–Crippen MR) is 149 cm³/mol. The molecule has 0 aromatic heterocycles. The number of nitrogens with two attached hydrogens (primary N) is 1. The van der Waals surface area contributed by atoms with Gasteiger partial charge in [0.15, 0.2) is 0 Å². The quantitative estimate of drug-likeness (QED) is 0.337. The lowest BCUT2D eigenvalue weighted by Gasteiger charge is -2.42. The number of sulfonamides is 1. The van der Waals surface area contributed by atoms with Crippen LogP contribution in [0.1, 0.15) is 31.9 Å². The summed E-state index contributed by atoms with van der Waals surface area (Å²) in [5.41, 5.74) is 6.96. The van der Waals surface area contributed by atoms with Crippen molar-refractivity contribution >= 4 is 45.0 Å². The molecule has 1 fully saturated rings. The first kappa shape index (κ1) is 30.3. The number of aliphatic imine (C=N–C) groups is 1. The second-order valence-corrected chi connectivity index (χ2v) is 12.3. The number of carbonyl (C=O) groups excluding carboxylic acids is 1. The Balaban J connectivity index is 1.62. The largest absolute Gasteiger partial charge is 0.384 e. The van der Waals surface area contributed by atoms with Gasteiger partial charge in [0.1, 0.15) is 17.3 Å². The molecule has 1 aliphatic heterocycles. The summed E-state index contributed by atoms with van der Waals surface area (Å²) in [5.74, 6) is 0.228. The molecule has 2 aromatic carbocycles. The van der Waals surface area contributed by atoms with Gasteiger partial charge < -0.3 is 20.1 Å². The van der Waals surface area contributed by atoms with E-state index in [0.717, 1.165) is 11.1 Å². The van der Waals surface area contributed by atoms with E-state index in [-0.39, 0.29) is 47.2 Å². The molecule has 0 aliphatic carbocycles. The van der Waals surface area contributed by atoms with Crippen LogP contribution in [-0.2, 0) is 30.8 Å². The molecule has 0 saturated carbocycles. The third-order valence-electron chi connectivity index (χ3n) is 6.07. The zero-order chi connectivity index (χ0) is 28.1. The number of hydrogen-bond donors (Lipinski definition) is 1. The highest BCUT2D eigenvalue weighted by Gasteiger charge is 2.42. The summed E-state index contributed by atoms with van der Waals surface area (Å²) in [5, 5.41) is 0.109. The van der Waals surface area contributed by atoms with Gasteiger partial charge in [0, 0.05) is 32.2 Å². The van der Waals surface area contributed by atoms with Gasteiger partial charge in [0.2, 0.25) is 15.9 Å². The van der Waals surface area contributed by atoms with E-state index in [9.17, 15) is 13.2 Å². The molecule has 38 heavy (non-hydrogen) atoms. The maximum absolute atomic E-state index is 13.6. The average Bonchev–Trinajstić information content (AvgIpc) is 2.86. The number of likely N-dealkylation sites (N-methyl/N-ethyl adjacent to an activating group) is 1. The minimum Gasteiger partial charge on any atom is -0.384 e. The number of ether oxygens (including phenoxy) is 2. The van der Waals surface area contributed by atoms with Gasteiger partial charge in [-0.2, -0.15) is 4.31 Å². The first-order valence-electron chi connectivity index (χ1n) is 12.2. The molecule has 1 heterocycles. The Kier molecular flexibility index (Phi) is 10.2. The fraction of sp³-hybridized carbons (Fsp3) is 0.462. The van der Waals surface area contributed by atoms with Gasteiger partial charge >= 0.3 is 0 Å². The van der Waals surface area contributed by atoms with E-state index in [4.69, 9.17) is 38.4 Å². The molecule has 208 valence electrons. The Hall–Kier alpha value is -2.21. The van der Waals surface area contributed by atoms with Crippen LogP contribution in [0.25, 0.3) is 0 Å². The monoisotopic (exact) mass is 584 g/mol. The lowest BCUT2D eigenvalue weighted by atomic mass is 10.1. The number of amides is 1. The van der Waals surface area contributed by atoms with E-state index < -0.39 is 21.7 Å². The van der Waals surface area contributed by atoms with Gasteiger partial charge in [-0.1, -0.05) is 53.5 Å². The van der Waals surface area contributed by atoms with E-state index in [1.165, 1.54) is 22.5 Å². The van der Waals surface area contributed by atoms with Crippen molar-refractivity contribution in [1.82, 2.24) is 9.21 Å². The van der Waals surface area contributed by atoms with Gasteiger partial charge in [-0.05, 0) is 38.5 Å². The molecular weight excluding hydrogens is 551 g/mol. The van der Waals surface area contributed by atoms with Crippen molar-refractivity contribution in [2.75, 3.05) is 40.0 Å². The SMILES string of the molecule is CCN=C(N)c1ccc(CN(C)C(=O)COC[C@@H]2COC(C)(C)CN2S(=O)(=O)c2cccc(Cl)c2Cl)cc1. The van der Waals surface area contributed by atoms with Gasteiger partial charge in [-0.3, -0.25) is 9.79 Å². The highest BCUT2D eigenvalue weighted by Crippen LogP contribution is 2.34. The molecule has 9 nitrogen and oxygen atoms in total. The summed E-state index contributed by atoms with van der Waals surface area (Å²) in [6.07, 6.45) is 0. The molecule has 1 amide bonds. The smallest absolute Gasteiger partial charge is 0.248 e. The molecule has 0 unspecified atom stereocenters. The summed E-state index contributed by atoms with van der Waals surface area (Å²) < 4.78 is 40.0. The fourth-order valence-corrected chi connectivity index (χ4v) is 6.46. The van der Waals surface area contributed by atoms with Crippen LogP contribution in [0.2, 0.25) is 10.0 Å². The lowest BCUT2D eigenvalue weighted by molar-refractivity contribution is -0.138. The summed E-state index contributed by atoms with van der Waals surface area (Å²) in [6, 6.07) is 11.3. The molecule has 1 aliphatic rings. The Morgan fingerprint density at radius 3 is 2.58 bits per heavy atom. The molecule has 0 radical (unpaired) electrons. The van der Waals surface area contributed by atoms with Gasteiger partial charge in [-0.15, -0.1) is 0 Å². The molecular formula is C26H34Cl2N4O5S. The maximum atomic E-state index is 13.6. The van der Waals surface area contributed by atoms with Crippen LogP contribution in [0.4, 0.5) is 0 Å². The molecule has 2 aromatic rings. The highest BCUT2D eigenvalue weighted by molar-refractivity contribution is 7.89. The second kappa shape index (κ2) is 12.8. The Bertz CT molecular complexity index is 1270. The van der Waals surface area contributed by atoms with Crippen molar-refractivity contribution in [3.8, 4) is 0 Å². The number of amidine groups is 1. The van der Waals surface area contributed by atoms with Crippen LogP contribution in [0.15, 0.2) is 52.4 Å². The van der Waals surface area contributed by atoms with Gasteiger partial charge in [0.25, 0.3) is 0 Å². The van der Waals surface area contributed by atoms with Crippen molar-refractivity contribution in [2.24, 2.45) is 10.7 Å². The van der Waals surface area contributed by atoms with Gasteiger partial charge in [-0.25, -0.2) is 8.42 Å². The van der Waals surface area contributed by atoms with Crippen LogP contribution in [0.3, 0.4) is 0 Å². The average molecular weight is 586 g/mol. The van der Waals surface area contributed by atoms with E-state index >= 15 is 0 Å².